The average molecular weight is 1130 g/mol. The zero-order chi connectivity index (χ0) is 63.5. The first-order valence-electron chi connectivity index (χ1n) is 22.9. The normalized spacial score (nSPS) is 8.25. The predicted octanol–water partition coefficient (Wildman–Crippen LogP) is 5.29. The predicted molar refractivity (Wildman–Crippen MR) is 328 cm³/mol. The van der Waals surface area contributed by atoms with E-state index in [2.05, 4.69) is 318 Å². The Kier molecular flexibility index (Phi) is 32.3. The van der Waals surface area contributed by atoms with Gasteiger partial charge >= 0.3 is 6.18 Å². The van der Waals surface area contributed by atoms with Crippen LogP contribution in [0.25, 0.3) is 4.85 Å². The van der Waals surface area contributed by atoms with Gasteiger partial charge in [0.05, 0.1) is 17.7 Å². The lowest BCUT2D eigenvalue weighted by Crippen LogP contribution is -2.44. The van der Waals surface area contributed by atoms with Crippen LogP contribution in [0.4, 0.5) is 34.6 Å². The molecular formula is C75H19F4N5O2S. The minimum absolute atomic E-state index is 0.148. The van der Waals surface area contributed by atoms with Gasteiger partial charge in [0.25, 0.3) is 11.8 Å². The fraction of sp³-hybridized carbons (Fsp3) is 0.0800. The second-order valence-corrected chi connectivity index (χ2v) is 14.5. The Bertz CT molecular complexity index is 5190. The Morgan fingerprint density at radius 2 is 0.793 bits per heavy atom. The van der Waals surface area contributed by atoms with Crippen LogP contribution in [0.15, 0.2) is 36.4 Å². The van der Waals surface area contributed by atoms with Crippen molar-refractivity contribution in [3.8, 4) is 314 Å². The SMILES string of the molecule is CC#CC#CC#CC#CC#CC#CC#CC#CC#CC#CC#CC#CC#CC#CC#CC#CC#CC#CC#CC#CC#CC#CC#CC#CC#CC#CC#N.[C-]#[N+]c1ccc(N2C(=O)C(C)(C)N(c3ccc(C(=O)NC)c(F)c3)C2=S)cc1C(F)(F)F. The summed E-state index contributed by atoms with van der Waals surface area (Å²) < 4.78 is 54.7. The van der Waals surface area contributed by atoms with Crippen molar-refractivity contribution in [3.05, 3.63) is 64.8 Å². The minimum atomic E-state index is -4.81. The number of nitriles is 1. The molecule has 0 bridgehead atoms. The molecule has 2 aromatic carbocycles. The molecule has 2 amide bonds. The first-order chi connectivity index (χ1) is 42.3. The molecule has 1 N–H and O–H groups in total. The van der Waals surface area contributed by atoms with Crippen LogP contribution in [-0.4, -0.2) is 29.5 Å². The van der Waals surface area contributed by atoms with Gasteiger partial charge in [0.2, 0.25) is 0 Å². The highest BCUT2D eigenvalue weighted by atomic mass is 32.1. The number of rotatable bonds is 3. The Hall–Kier alpha value is -15.5. The van der Waals surface area contributed by atoms with Gasteiger partial charge in [-0.2, -0.15) is 18.4 Å². The van der Waals surface area contributed by atoms with Crippen molar-refractivity contribution >= 4 is 46.2 Å². The second kappa shape index (κ2) is 41.6. The molecule has 1 heterocycles. The molecule has 1 aliphatic heterocycles. The van der Waals surface area contributed by atoms with Crippen molar-refractivity contribution in [3.63, 3.8) is 0 Å². The van der Waals surface area contributed by atoms with Crippen LogP contribution in [-0.2, 0) is 11.0 Å². The molecule has 0 aliphatic carbocycles. The molecule has 0 aromatic heterocycles. The summed E-state index contributed by atoms with van der Waals surface area (Å²) in [7, 11) is 1.35. The van der Waals surface area contributed by atoms with Crippen LogP contribution in [0, 0.1) is 332 Å². The van der Waals surface area contributed by atoms with E-state index in [0.717, 1.165) is 17.0 Å². The first-order valence-corrected chi connectivity index (χ1v) is 23.3. The van der Waals surface area contributed by atoms with Crippen LogP contribution in [0.5, 0.6) is 0 Å². The van der Waals surface area contributed by atoms with Gasteiger partial charge < -0.3 is 10.2 Å². The molecule has 0 radical (unpaired) electrons. The summed E-state index contributed by atoms with van der Waals surface area (Å²) in [6, 6.07) is 8.12. The number of hydrogen-bond donors (Lipinski definition) is 1. The molecule has 1 aliphatic rings. The van der Waals surface area contributed by atoms with E-state index in [1.165, 1.54) is 44.0 Å². The van der Waals surface area contributed by atoms with E-state index in [0.29, 0.717) is 6.07 Å². The fourth-order valence-electron chi connectivity index (χ4n) is 5.03. The number of carbonyl (C=O) groups is 2. The van der Waals surface area contributed by atoms with Crippen LogP contribution in [0.1, 0.15) is 36.7 Å². The van der Waals surface area contributed by atoms with E-state index < -0.39 is 40.6 Å². The summed E-state index contributed by atoms with van der Waals surface area (Å²) in [4.78, 5) is 30.0. The maximum absolute atomic E-state index is 14.5. The quantitative estimate of drug-likeness (QED) is 0.196. The summed E-state index contributed by atoms with van der Waals surface area (Å²) in [5.41, 5.74) is -3.41. The van der Waals surface area contributed by atoms with Gasteiger partial charge in [0, 0.05) is 273 Å². The zero-order valence-electron chi connectivity index (χ0n) is 45.0. The molecule has 87 heavy (non-hydrogen) atoms. The Morgan fingerprint density at radius 1 is 0.506 bits per heavy atom. The highest BCUT2D eigenvalue weighted by Crippen LogP contribution is 2.42. The third-order valence-corrected chi connectivity index (χ3v) is 8.69. The van der Waals surface area contributed by atoms with Gasteiger partial charge in [-0.25, -0.2) is 9.24 Å². The van der Waals surface area contributed by atoms with E-state index in [1.54, 1.807) is 13.0 Å². The number of alkyl halides is 3. The number of carbonyl (C=O) groups excluding carboxylic acids is 2. The Balaban J connectivity index is 0.000000676. The van der Waals surface area contributed by atoms with E-state index in [1.807, 2.05) is 0 Å². The molecule has 390 valence electrons. The van der Waals surface area contributed by atoms with Gasteiger partial charge in [-0.3, -0.25) is 14.5 Å². The summed E-state index contributed by atoms with van der Waals surface area (Å²) in [5.74, 6) is 127. The maximum Gasteiger partial charge on any atom is 0.407 e. The van der Waals surface area contributed by atoms with Crippen LogP contribution < -0.4 is 15.1 Å². The van der Waals surface area contributed by atoms with Gasteiger partial charge in [0.15, 0.2) is 16.9 Å². The fourth-order valence-corrected chi connectivity index (χ4v) is 5.55. The van der Waals surface area contributed by atoms with Crippen molar-refractivity contribution in [2.24, 2.45) is 0 Å². The largest absolute Gasteiger partial charge is 0.407 e. The molecule has 1 fully saturated rings. The molecule has 1 saturated heterocycles. The summed E-state index contributed by atoms with van der Waals surface area (Å²) in [5, 5.41) is 10.3. The minimum Gasteiger partial charge on any atom is -0.355 e. The number of hydrogen-bond acceptors (Lipinski definition) is 4. The van der Waals surface area contributed by atoms with Gasteiger partial charge in [0.1, 0.15) is 11.4 Å². The van der Waals surface area contributed by atoms with Crippen molar-refractivity contribution < 1.29 is 27.2 Å². The molecule has 7 nitrogen and oxygen atoms in total. The van der Waals surface area contributed by atoms with E-state index in [-0.39, 0.29) is 22.1 Å². The number of amides is 2. The van der Waals surface area contributed by atoms with Gasteiger partial charge in [-0.1, -0.05) is 12.0 Å². The Labute approximate surface area is 509 Å². The molecule has 0 spiro atoms. The van der Waals surface area contributed by atoms with Crippen molar-refractivity contribution in [1.82, 2.24) is 5.32 Å². The van der Waals surface area contributed by atoms with E-state index in [4.69, 9.17) is 24.1 Å². The number of nitrogens with zero attached hydrogens (tertiary/aromatic N) is 4. The number of thiocarbonyl (C=S) groups is 1. The third-order valence-electron chi connectivity index (χ3n) is 8.32. The lowest BCUT2D eigenvalue weighted by Gasteiger charge is -2.29. The topological polar surface area (TPSA) is 80.8 Å². The first kappa shape index (κ1) is 67.6. The highest BCUT2D eigenvalue weighted by Gasteiger charge is 2.51. The van der Waals surface area contributed by atoms with Gasteiger partial charge in [-0.05, 0) is 111 Å². The number of anilines is 2. The average Bonchev–Trinajstić information content (AvgIpc) is 1.61. The summed E-state index contributed by atoms with van der Waals surface area (Å²) in [6.07, 6.45) is -4.81. The number of nitrogens with one attached hydrogen (secondary N) is 1. The number of benzene rings is 2. The lowest BCUT2D eigenvalue weighted by atomic mass is 10.0. The third kappa shape index (κ3) is 28.1. The van der Waals surface area contributed by atoms with Crippen LogP contribution >= 0.6 is 12.2 Å². The van der Waals surface area contributed by atoms with Crippen molar-refractivity contribution in [2.75, 3.05) is 16.8 Å². The zero-order valence-corrected chi connectivity index (χ0v) is 45.8. The monoisotopic (exact) mass is 1130 g/mol. The number of halogens is 4. The standard InChI is InChI=1S/C54H3N.C21H16F4N4O2S/c1-2-3-4-5-6-7-8-9-10-11-12-13-14-15-16-17-18-19-20-21-22-23-24-25-26-27-28-29-30-31-32-33-34-35-36-37-38-39-40-41-42-43-44-45-46-47-48-49-50-51-52-53-54-55;1-20(2)18(31)28(11-6-8-16(26-3)14(9-11)21(23,24)25)19(32)29(20)12-5-7-13(15(22)10-12)17(30)27-4/h1H3;5-10H,1-2,4H3,(H,27,30). The molecule has 0 saturated carbocycles. The summed E-state index contributed by atoms with van der Waals surface area (Å²) in [6.45, 7) is 11.6. The molecule has 0 atom stereocenters. The molecule has 3 rings (SSSR count). The molecule has 12 heteroatoms. The maximum atomic E-state index is 14.5. The molecule has 0 unspecified atom stereocenters. The Morgan fingerprint density at radius 3 is 1.05 bits per heavy atom. The highest BCUT2D eigenvalue weighted by molar-refractivity contribution is 7.81. The molecular weight excluding hydrogens is 1110 g/mol. The van der Waals surface area contributed by atoms with Crippen molar-refractivity contribution in [2.45, 2.75) is 32.5 Å². The summed E-state index contributed by atoms with van der Waals surface area (Å²) >= 11 is 5.39. The van der Waals surface area contributed by atoms with Crippen LogP contribution in [0.2, 0.25) is 0 Å². The smallest absolute Gasteiger partial charge is 0.355 e. The van der Waals surface area contributed by atoms with E-state index in [9.17, 15) is 27.2 Å². The van der Waals surface area contributed by atoms with Crippen LogP contribution in [0.3, 0.4) is 0 Å². The lowest BCUT2D eigenvalue weighted by molar-refractivity contribution is -0.136. The van der Waals surface area contributed by atoms with E-state index >= 15 is 0 Å². The molecule has 2 aromatic rings. The van der Waals surface area contributed by atoms with Crippen molar-refractivity contribution in [1.29, 1.82) is 5.26 Å². The second-order valence-electron chi connectivity index (χ2n) is 14.1. The van der Waals surface area contributed by atoms with Gasteiger partial charge in [-0.15, -0.1) is 0 Å².